The summed E-state index contributed by atoms with van der Waals surface area (Å²) in [6, 6.07) is 13.2. The average Bonchev–Trinajstić information content (AvgIpc) is 3.50. The number of ether oxygens (including phenoxy) is 2. The monoisotopic (exact) mass is 487 g/mol. The molecule has 186 valence electrons. The molecule has 2 aromatic carbocycles. The number of fused-ring (bicyclic) bond motifs is 3. The van der Waals surface area contributed by atoms with Gasteiger partial charge in [-0.25, -0.2) is 5.48 Å². The normalized spacial score (nSPS) is 17.7. The standard InChI is InChI=1S/C27H29N5O4/c1-17-30-31-26-22(16-24(33)36-27(2)12-13-27)29-25(19-8-6-18(7-9-19)5-4-14-28-34)21-15-20(35-3)10-11-23(21)32(17)26/h4-11,15,22,28,34H,12-14,16H2,1-3H3/b5-4+/t22-/m0/s1. The molecule has 2 aliphatic rings. The van der Waals surface area contributed by atoms with E-state index in [-0.39, 0.29) is 18.0 Å². The van der Waals surface area contributed by atoms with E-state index in [0.717, 1.165) is 40.9 Å². The van der Waals surface area contributed by atoms with Crippen molar-refractivity contribution >= 4 is 17.8 Å². The molecule has 5 rings (SSSR count). The van der Waals surface area contributed by atoms with Crippen LogP contribution < -0.4 is 10.2 Å². The average molecular weight is 488 g/mol. The van der Waals surface area contributed by atoms with Gasteiger partial charge in [0.15, 0.2) is 5.82 Å². The van der Waals surface area contributed by atoms with Crippen molar-refractivity contribution in [3.63, 3.8) is 0 Å². The highest BCUT2D eigenvalue weighted by Crippen LogP contribution is 2.40. The molecule has 0 unspecified atom stereocenters. The van der Waals surface area contributed by atoms with Crippen molar-refractivity contribution in [2.75, 3.05) is 13.7 Å². The van der Waals surface area contributed by atoms with Crippen molar-refractivity contribution in [2.45, 2.75) is 44.8 Å². The second-order valence-electron chi connectivity index (χ2n) is 9.33. The summed E-state index contributed by atoms with van der Waals surface area (Å²) in [7, 11) is 1.63. The van der Waals surface area contributed by atoms with Crippen LogP contribution in [0.25, 0.3) is 11.8 Å². The predicted octanol–water partition coefficient (Wildman–Crippen LogP) is 3.95. The molecule has 1 aliphatic heterocycles. The maximum absolute atomic E-state index is 12.9. The third-order valence-corrected chi connectivity index (χ3v) is 6.51. The minimum Gasteiger partial charge on any atom is -0.497 e. The molecule has 0 saturated heterocycles. The number of hydroxylamine groups is 1. The van der Waals surface area contributed by atoms with E-state index >= 15 is 0 Å². The second kappa shape index (κ2) is 9.67. The summed E-state index contributed by atoms with van der Waals surface area (Å²) >= 11 is 0. The molecule has 3 aromatic rings. The number of carbonyl (C=O) groups excluding carboxylic acids is 1. The first kappa shape index (κ1) is 23.9. The van der Waals surface area contributed by atoms with E-state index in [4.69, 9.17) is 19.7 Å². The number of carbonyl (C=O) groups is 1. The molecule has 9 nitrogen and oxygen atoms in total. The smallest absolute Gasteiger partial charge is 0.308 e. The van der Waals surface area contributed by atoms with Crippen molar-refractivity contribution in [2.24, 2.45) is 4.99 Å². The molecule has 0 bridgehead atoms. The van der Waals surface area contributed by atoms with Gasteiger partial charge in [-0.1, -0.05) is 36.4 Å². The lowest BCUT2D eigenvalue weighted by molar-refractivity contribution is -0.150. The molecule has 0 spiro atoms. The van der Waals surface area contributed by atoms with E-state index in [1.165, 1.54) is 0 Å². The van der Waals surface area contributed by atoms with Gasteiger partial charge < -0.3 is 14.7 Å². The largest absolute Gasteiger partial charge is 0.497 e. The molecule has 2 heterocycles. The van der Waals surface area contributed by atoms with Crippen LogP contribution in [0.2, 0.25) is 0 Å². The summed E-state index contributed by atoms with van der Waals surface area (Å²) in [6.45, 7) is 4.20. The van der Waals surface area contributed by atoms with Gasteiger partial charge in [0.05, 0.1) is 24.9 Å². The fourth-order valence-electron chi connectivity index (χ4n) is 4.32. The number of nitrogens with zero attached hydrogens (tertiary/aromatic N) is 4. The first-order valence-electron chi connectivity index (χ1n) is 11.9. The minimum absolute atomic E-state index is 0.0668. The number of aryl methyl sites for hydroxylation is 1. The Morgan fingerprint density at radius 1 is 1.22 bits per heavy atom. The van der Waals surface area contributed by atoms with Crippen LogP contribution in [0.4, 0.5) is 0 Å². The van der Waals surface area contributed by atoms with Gasteiger partial charge in [-0.05, 0) is 50.5 Å². The summed E-state index contributed by atoms with van der Waals surface area (Å²) in [4.78, 5) is 18.0. The van der Waals surface area contributed by atoms with Gasteiger partial charge in [-0.15, -0.1) is 10.2 Å². The molecule has 1 aromatic heterocycles. The quantitative estimate of drug-likeness (QED) is 0.366. The summed E-state index contributed by atoms with van der Waals surface area (Å²) in [5.74, 6) is 1.71. The number of benzene rings is 2. The topological polar surface area (TPSA) is 111 Å². The molecular formula is C27H29N5O4. The van der Waals surface area contributed by atoms with E-state index in [9.17, 15) is 4.79 Å². The number of hydrogen-bond donors (Lipinski definition) is 2. The van der Waals surface area contributed by atoms with Gasteiger partial charge in [0, 0.05) is 17.7 Å². The molecule has 1 aliphatic carbocycles. The van der Waals surface area contributed by atoms with Gasteiger partial charge in [0.1, 0.15) is 23.2 Å². The van der Waals surface area contributed by atoms with Crippen LogP contribution in [0.5, 0.6) is 5.75 Å². The maximum atomic E-state index is 12.9. The summed E-state index contributed by atoms with van der Waals surface area (Å²) in [6.07, 6.45) is 5.58. The number of esters is 1. The van der Waals surface area contributed by atoms with Crippen molar-refractivity contribution < 1.29 is 19.5 Å². The molecule has 1 saturated carbocycles. The summed E-state index contributed by atoms with van der Waals surface area (Å²) in [5, 5.41) is 17.5. The highest BCUT2D eigenvalue weighted by Gasteiger charge is 2.42. The molecular weight excluding hydrogens is 458 g/mol. The van der Waals surface area contributed by atoms with Crippen molar-refractivity contribution in [1.29, 1.82) is 0 Å². The Kier molecular flexibility index (Phi) is 6.42. The fraction of sp³-hybridized carbons (Fsp3) is 0.333. The minimum atomic E-state index is -0.565. The van der Waals surface area contributed by atoms with Gasteiger partial charge in [0.25, 0.3) is 0 Å². The third-order valence-electron chi connectivity index (χ3n) is 6.51. The molecule has 1 fully saturated rings. The predicted molar refractivity (Wildman–Crippen MR) is 135 cm³/mol. The van der Waals surface area contributed by atoms with E-state index in [1.807, 2.05) is 73.0 Å². The molecule has 9 heteroatoms. The van der Waals surface area contributed by atoms with Crippen LogP contribution in [0.1, 0.15) is 60.6 Å². The van der Waals surface area contributed by atoms with E-state index in [1.54, 1.807) is 7.11 Å². The molecule has 2 N–H and O–H groups in total. The number of nitrogens with one attached hydrogen (secondary N) is 1. The van der Waals surface area contributed by atoms with Gasteiger partial charge >= 0.3 is 5.97 Å². The lowest BCUT2D eigenvalue weighted by Gasteiger charge is -2.15. The zero-order valence-corrected chi connectivity index (χ0v) is 20.6. The van der Waals surface area contributed by atoms with Crippen LogP contribution in [0.15, 0.2) is 53.5 Å². The Labute approximate surface area is 209 Å². The highest BCUT2D eigenvalue weighted by molar-refractivity contribution is 6.15. The number of aliphatic imine (C=N–C) groups is 1. The summed E-state index contributed by atoms with van der Waals surface area (Å²) < 4.78 is 13.2. The lowest BCUT2D eigenvalue weighted by Crippen LogP contribution is -2.19. The molecule has 1 atom stereocenters. The number of methoxy groups -OCH3 is 1. The van der Waals surface area contributed by atoms with Crippen molar-refractivity contribution in [3.05, 3.63) is 76.9 Å². The fourth-order valence-corrected chi connectivity index (χ4v) is 4.32. The van der Waals surface area contributed by atoms with Crippen LogP contribution in [0.3, 0.4) is 0 Å². The van der Waals surface area contributed by atoms with Crippen LogP contribution in [-0.4, -0.2) is 50.9 Å². The SMILES string of the molecule is COc1ccc2c(c1)C(c1ccc(/C=C/CNO)cc1)=N[C@@H](CC(=O)OC1(C)CC1)c1nnc(C)n1-2. The zero-order chi connectivity index (χ0) is 25.3. The van der Waals surface area contributed by atoms with Gasteiger partial charge in [-0.3, -0.25) is 14.4 Å². The van der Waals surface area contributed by atoms with Crippen LogP contribution in [-0.2, 0) is 9.53 Å². The van der Waals surface area contributed by atoms with Gasteiger partial charge in [0.2, 0.25) is 0 Å². The first-order chi connectivity index (χ1) is 17.4. The number of rotatable bonds is 8. The highest BCUT2D eigenvalue weighted by atomic mass is 16.6. The van der Waals surface area contributed by atoms with Crippen LogP contribution >= 0.6 is 0 Å². The van der Waals surface area contributed by atoms with Crippen LogP contribution in [0, 0.1) is 6.92 Å². The van der Waals surface area contributed by atoms with E-state index < -0.39 is 6.04 Å². The number of hydrogen-bond acceptors (Lipinski definition) is 8. The van der Waals surface area contributed by atoms with Crippen molar-refractivity contribution in [3.8, 4) is 11.4 Å². The van der Waals surface area contributed by atoms with Crippen molar-refractivity contribution in [1.82, 2.24) is 20.2 Å². The Bertz CT molecular complexity index is 1340. The molecule has 0 amide bonds. The zero-order valence-electron chi connectivity index (χ0n) is 20.6. The Hall–Kier alpha value is -3.82. The third kappa shape index (κ3) is 4.80. The Balaban J connectivity index is 1.60. The van der Waals surface area contributed by atoms with Gasteiger partial charge in [-0.2, -0.15) is 0 Å². The Morgan fingerprint density at radius 3 is 2.69 bits per heavy atom. The van der Waals surface area contributed by atoms with E-state index in [0.29, 0.717) is 23.9 Å². The summed E-state index contributed by atoms with van der Waals surface area (Å²) in [5.41, 5.74) is 6.09. The lowest BCUT2D eigenvalue weighted by atomic mass is 9.98. The molecule has 0 radical (unpaired) electrons. The Morgan fingerprint density at radius 2 is 2.00 bits per heavy atom. The second-order valence-corrected chi connectivity index (χ2v) is 9.33. The maximum Gasteiger partial charge on any atom is 0.308 e. The number of aromatic nitrogens is 3. The van der Waals surface area contributed by atoms with E-state index in [2.05, 4.69) is 15.7 Å². The first-order valence-corrected chi connectivity index (χ1v) is 11.9. The molecule has 36 heavy (non-hydrogen) atoms.